The van der Waals surface area contributed by atoms with E-state index in [1.807, 2.05) is 11.8 Å². The molecule has 0 amide bonds. The van der Waals surface area contributed by atoms with Crippen molar-refractivity contribution >= 4 is 11.4 Å². The van der Waals surface area contributed by atoms with Gasteiger partial charge in [-0.25, -0.2) is 8.78 Å². The number of hydrogen-bond acceptors (Lipinski definition) is 3. The van der Waals surface area contributed by atoms with Crippen molar-refractivity contribution in [2.45, 2.75) is 25.9 Å². The van der Waals surface area contributed by atoms with Crippen LogP contribution in [-0.2, 0) is 0 Å². The molecule has 5 heteroatoms. The van der Waals surface area contributed by atoms with E-state index in [2.05, 4.69) is 0 Å². The van der Waals surface area contributed by atoms with Crippen LogP contribution in [-0.4, -0.2) is 24.3 Å². The quantitative estimate of drug-likeness (QED) is 0.799. The third-order valence-corrected chi connectivity index (χ3v) is 3.50. The zero-order valence-electron chi connectivity index (χ0n) is 10.3. The van der Waals surface area contributed by atoms with Gasteiger partial charge in [0.05, 0.1) is 17.5 Å². The summed E-state index contributed by atoms with van der Waals surface area (Å²) in [5, 5.41) is 9.67. The fraction of sp³-hybridized carbons (Fsp3) is 0.538. The molecule has 0 bridgehead atoms. The number of halogens is 2. The van der Waals surface area contributed by atoms with Crippen molar-refractivity contribution in [1.29, 1.82) is 0 Å². The van der Waals surface area contributed by atoms with E-state index < -0.39 is 6.43 Å². The van der Waals surface area contributed by atoms with Gasteiger partial charge in [0, 0.05) is 18.7 Å². The van der Waals surface area contributed by atoms with Gasteiger partial charge >= 0.3 is 0 Å². The van der Waals surface area contributed by atoms with Crippen molar-refractivity contribution in [1.82, 2.24) is 0 Å². The van der Waals surface area contributed by atoms with Crippen LogP contribution in [0, 0.1) is 5.92 Å². The summed E-state index contributed by atoms with van der Waals surface area (Å²) in [6.45, 7) is 3.36. The molecule has 1 aliphatic rings. The second-order valence-corrected chi connectivity index (χ2v) is 4.90. The molecule has 18 heavy (non-hydrogen) atoms. The Morgan fingerprint density at radius 3 is 2.72 bits per heavy atom. The van der Waals surface area contributed by atoms with E-state index in [9.17, 15) is 13.9 Å². The Balaban J connectivity index is 2.19. The molecule has 1 saturated heterocycles. The monoisotopic (exact) mass is 256 g/mol. The largest absolute Gasteiger partial charge is 0.397 e. The number of aliphatic hydroxyl groups is 1. The molecular formula is C13H18F2N2O. The Kier molecular flexibility index (Phi) is 3.71. The van der Waals surface area contributed by atoms with Crippen molar-refractivity contribution in [2.75, 3.05) is 23.7 Å². The summed E-state index contributed by atoms with van der Waals surface area (Å²) >= 11 is 0. The number of nitrogen functional groups attached to an aromatic ring is 1. The van der Waals surface area contributed by atoms with E-state index in [4.69, 9.17) is 5.73 Å². The average molecular weight is 256 g/mol. The molecule has 2 atom stereocenters. The number of alkyl halides is 2. The van der Waals surface area contributed by atoms with Gasteiger partial charge in [0.1, 0.15) is 0 Å². The van der Waals surface area contributed by atoms with Crippen molar-refractivity contribution in [2.24, 2.45) is 5.92 Å². The molecular weight excluding hydrogens is 238 g/mol. The van der Waals surface area contributed by atoms with E-state index in [1.54, 1.807) is 6.07 Å². The minimum Gasteiger partial charge on any atom is -0.397 e. The first kappa shape index (κ1) is 13.1. The molecule has 0 spiro atoms. The Bertz CT molecular complexity index is 425. The van der Waals surface area contributed by atoms with Gasteiger partial charge in [0.25, 0.3) is 6.43 Å². The van der Waals surface area contributed by atoms with E-state index in [1.165, 1.54) is 12.1 Å². The minimum absolute atomic E-state index is 0.0543. The molecule has 0 aliphatic carbocycles. The highest BCUT2D eigenvalue weighted by molar-refractivity contribution is 5.68. The van der Waals surface area contributed by atoms with Crippen molar-refractivity contribution in [3.05, 3.63) is 23.8 Å². The molecule has 0 radical (unpaired) electrons. The maximum absolute atomic E-state index is 12.5. The molecule has 1 heterocycles. The fourth-order valence-electron chi connectivity index (χ4n) is 2.35. The van der Waals surface area contributed by atoms with Crippen LogP contribution in [0.2, 0.25) is 0 Å². The second kappa shape index (κ2) is 5.10. The summed E-state index contributed by atoms with van der Waals surface area (Å²) in [6, 6.07) is 4.38. The second-order valence-electron chi connectivity index (χ2n) is 4.90. The predicted molar refractivity (Wildman–Crippen MR) is 67.8 cm³/mol. The Labute approximate surface area is 105 Å². The van der Waals surface area contributed by atoms with Crippen LogP contribution in [0.5, 0.6) is 0 Å². The van der Waals surface area contributed by atoms with E-state index in [0.717, 1.165) is 5.69 Å². The lowest BCUT2D eigenvalue weighted by Gasteiger charge is -2.36. The van der Waals surface area contributed by atoms with Crippen LogP contribution in [0.1, 0.15) is 25.3 Å². The SMILES string of the molecule is CC1CN(c2ccc(C(F)F)cc2N)CCC1O. The summed E-state index contributed by atoms with van der Waals surface area (Å²) < 4.78 is 25.1. The summed E-state index contributed by atoms with van der Waals surface area (Å²) in [5.41, 5.74) is 6.93. The fourth-order valence-corrected chi connectivity index (χ4v) is 2.35. The molecule has 1 aromatic rings. The van der Waals surface area contributed by atoms with E-state index in [0.29, 0.717) is 25.2 Å². The van der Waals surface area contributed by atoms with Gasteiger partial charge in [-0.2, -0.15) is 0 Å². The zero-order chi connectivity index (χ0) is 13.3. The molecule has 0 saturated carbocycles. The Morgan fingerprint density at radius 1 is 1.44 bits per heavy atom. The lowest BCUT2D eigenvalue weighted by molar-refractivity contribution is 0.0971. The molecule has 2 rings (SSSR count). The topological polar surface area (TPSA) is 49.5 Å². The van der Waals surface area contributed by atoms with Crippen LogP contribution < -0.4 is 10.6 Å². The van der Waals surface area contributed by atoms with Crippen LogP contribution in [0.3, 0.4) is 0 Å². The summed E-state index contributed by atoms with van der Waals surface area (Å²) in [6.07, 6.45) is -2.11. The summed E-state index contributed by atoms with van der Waals surface area (Å²) in [4.78, 5) is 2.04. The predicted octanol–water partition coefficient (Wildman–Crippen LogP) is 2.41. The maximum atomic E-state index is 12.5. The first-order chi connectivity index (χ1) is 8.49. The van der Waals surface area contributed by atoms with Gasteiger partial charge in [-0.05, 0) is 24.5 Å². The molecule has 2 unspecified atom stereocenters. The van der Waals surface area contributed by atoms with Crippen molar-refractivity contribution in [3.63, 3.8) is 0 Å². The molecule has 1 fully saturated rings. The molecule has 3 N–H and O–H groups in total. The van der Waals surface area contributed by atoms with Gasteiger partial charge in [-0.3, -0.25) is 0 Å². The van der Waals surface area contributed by atoms with Gasteiger partial charge in [-0.1, -0.05) is 13.0 Å². The number of nitrogens with two attached hydrogens (primary N) is 1. The Morgan fingerprint density at radius 2 is 2.17 bits per heavy atom. The maximum Gasteiger partial charge on any atom is 0.263 e. The first-order valence-electron chi connectivity index (χ1n) is 6.09. The molecule has 3 nitrogen and oxygen atoms in total. The highest BCUT2D eigenvalue weighted by Gasteiger charge is 2.25. The molecule has 1 aromatic carbocycles. The van der Waals surface area contributed by atoms with Crippen LogP contribution in [0.15, 0.2) is 18.2 Å². The van der Waals surface area contributed by atoms with Crippen LogP contribution in [0.4, 0.5) is 20.2 Å². The highest BCUT2D eigenvalue weighted by Crippen LogP contribution is 2.31. The Hall–Kier alpha value is -1.36. The number of anilines is 2. The van der Waals surface area contributed by atoms with E-state index >= 15 is 0 Å². The lowest BCUT2D eigenvalue weighted by Crippen LogP contribution is -2.42. The number of rotatable bonds is 2. The molecule has 100 valence electrons. The zero-order valence-corrected chi connectivity index (χ0v) is 10.3. The van der Waals surface area contributed by atoms with Gasteiger partial charge < -0.3 is 15.7 Å². The lowest BCUT2D eigenvalue weighted by atomic mass is 9.96. The summed E-state index contributed by atoms with van der Waals surface area (Å²) in [5.74, 6) is 0.160. The van der Waals surface area contributed by atoms with Gasteiger partial charge in [-0.15, -0.1) is 0 Å². The standard InChI is InChI=1S/C13H18F2N2O/c1-8-7-17(5-4-12(8)18)11-3-2-9(13(14)15)6-10(11)16/h2-3,6,8,12-13,18H,4-5,7,16H2,1H3. The van der Waals surface area contributed by atoms with Gasteiger partial charge in [0.2, 0.25) is 0 Å². The van der Waals surface area contributed by atoms with Crippen LogP contribution >= 0.6 is 0 Å². The highest BCUT2D eigenvalue weighted by atomic mass is 19.3. The smallest absolute Gasteiger partial charge is 0.263 e. The first-order valence-corrected chi connectivity index (χ1v) is 6.09. The number of nitrogens with zero attached hydrogens (tertiary/aromatic N) is 1. The normalized spacial score (nSPS) is 24.6. The van der Waals surface area contributed by atoms with E-state index in [-0.39, 0.29) is 17.6 Å². The van der Waals surface area contributed by atoms with Crippen molar-refractivity contribution < 1.29 is 13.9 Å². The van der Waals surface area contributed by atoms with Gasteiger partial charge in [0.15, 0.2) is 0 Å². The van der Waals surface area contributed by atoms with Crippen molar-refractivity contribution in [3.8, 4) is 0 Å². The summed E-state index contributed by atoms with van der Waals surface area (Å²) in [7, 11) is 0. The number of benzene rings is 1. The third-order valence-electron chi connectivity index (χ3n) is 3.50. The van der Waals surface area contributed by atoms with Crippen LogP contribution in [0.25, 0.3) is 0 Å². The molecule has 1 aliphatic heterocycles. The average Bonchev–Trinajstić information content (AvgIpc) is 2.32. The number of hydrogen-bond donors (Lipinski definition) is 2. The minimum atomic E-state index is -2.50. The number of aliphatic hydroxyl groups excluding tert-OH is 1. The molecule has 0 aromatic heterocycles. The number of piperidine rings is 1. The third kappa shape index (κ3) is 2.56.